The number of Topliss-reactive ketones (excluding diaryl/α,β-unsaturated/α-hetero) is 1. The standard InChI is InChI=1S/C29H48O8S4/c1-24(2)22-29(33)41-21-17-36-11-5-10-34-12-6-18-39-27(31)8-9-28(32)40-19-7-13-35-14-15-37-16-20-38-23-26(30)25(3)4/h1,3,5-23H2,2,4H3. The Morgan fingerprint density at radius 3 is 1.59 bits per heavy atom. The molecule has 0 radical (unpaired) electrons. The zero-order valence-electron chi connectivity index (χ0n) is 24.7. The molecular weight excluding hydrogens is 605 g/mol. The van der Waals surface area contributed by atoms with Gasteiger partial charge in [0.25, 0.3) is 0 Å². The number of ketones is 1. The number of hydrogen-bond donors (Lipinski definition) is 0. The molecule has 0 aromatic carbocycles. The smallest absolute Gasteiger partial charge is 0.193 e. The normalized spacial score (nSPS) is 11.0. The van der Waals surface area contributed by atoms with Crippen LogP contribution in [0.3, 0.4) is 0 Å². The number of carbonyl (C=O) groups excluding carboxylic acids is 4. The van der Waals surface area contributed by atoms with E-state index in [1.54, 1.807) is 6.92 Å². The Morgan fingerprint density at radius 2 is 1.02 bits per heavy atom. The van der Waals surface area contributed by atoms with Gasteiger partial charge in [0, 0.05) is 68.7 Å². The average molecular weight is 653 g/mol. The van der Waals surface area contributed by atoms with Crippen LogP contribution in [0.1, 0.15) is 52.4 Å². The van der Waals surface area contributed by atoms with E-state index in [4.69, 9.17) is 18.9 Å². The van der Waals surface area contributed by atoms with Crippen molar-refractivity contribution < 1.29 is 38.1 Å². The van der Waals surface area contributed by atoms with Gasteiger partial charge in [0.05, 0.1) is 32.2 Å². The first-order chi connectivity index (χ1) is 19.7. The van der Waals surface area contributed by atoms with Crippen LogP contribution in [0.4, 0.5) is 0 Å². The molecule has 12 heteroatoms. The molecule has 0 N–H and O–H groups in total. The largest absolute Gasteiger partial charge is 0.381 e. The summed E-state index contributed by atoms with van der Waals surface area (Å²) in [5, 5.41) is 0.198. The topological polar surface area (TPSA) is 105 Å². The second-order valence-corrected chi connectivity index (χ2v) is 13.6. The number of hydrogen-bond acceptors (Lipinski definition) is 12. The predicted molar refractivity (Wildman–Crippen MR) is 175 cm³/mol. The highest BCUT2D eigenvalue weighted by Crippen LogP contribution is 2.14. The fourth-order valence-electron chi connectivity index (χ4n) is 2.75. The summed E-state index contributed by atoms with van der Waals surface area (Å²) in [6, 6.07) is 0. The molecule has 0 fully saturated rings. The number of carbonyl (C=O) groups is 4. The average Bonchev–Trinajstić information content (AvgIpc) is 2.92. The van der Waals surface area contributed by atoms with Gasteiger partial charge in [-0.3, -0.25) is 19.2 Å². The summed E-state index contributed by atoms with van der Waals surface area (Å²) in [5.41, 5.74) is 1.46. The van der Waals surface area contributed by atoms with Crippen LogP contribution in [0.5, 0.6) is 0 Å². The lowest BCUT2D eigenvalue weighted by Crippen LogP contribution is -2.09. The molecule has 0 spiro atoms. The molecule has 0 amide bonds. The van der Waals surface area contributed by atoms with E-state index in [2.05, 4.69) is 13.2 Å². The van der Waals surface area contributed by atoms with Gasteiger partial charge < -0.3 is 18.9 Å². The summed E-state index contributed by atoms with van der Waals surface area (Å²) >= 11 is 5.32. The van der Waals surface area contributed by atoms with Crippen molar-refractivity contribution in [1.29, 1.82) is 0 Å². The Hall–Kier alpha value is -0.600. The van der Waals surface area contributed by atoms with E-state index in [1.807, 2.05) is 6.92 Å². The third-order valence-corrected chi connectivity index (χ3v) is 8.69. The highest BCUT2D eigenvalue weighted by atomic mass is 32.2. The molecule has 0 aliphatic heterocycles. The number of allylic oxidation sites excluding steroid dienone is 2. The maximum absolute atomic E-state index is 12.0. The van der Waals surface area contributed by atoms with Gasteiger partial charge in [0.1, 0.15) is 0 Å². The molecule has 0 aliphatic carbocycles. The molecule has 41 heavy (non-hydrogen) atoms. The highest BCUT2D eigenvalue weighted by Gasteiger charge is 2.08. The molecule has 0 saturated carbocycles. The fraction of sp³-hybridized carbons (Fsp3) is 0.724. The quantitative estimate of drug-likeness (QED) is 0.0568. The molecular formula is C29H48O8S4. The van der Waals surface area contributed by atoms with Gasteiger partial charge in [-0.1, -0.05) is 54.0 Å². The molecule has 0 bridgehead atoms. The number of thioether (sulfide) groups is 4. The Labute approximate surface area is 263 Å². The molecule has 8 nitrogen and oxygen atoms in total. The third kappa shape index (κ3) is 30.7. The van der Waals surface area contributed by atoms with Crippen LogP contribution in [0, 0.1) is 0 Å². The van der Waals surface area contributed by atoms with Crippen LogP contribution < -0.4 is 0 Å². The van der Waals surface area contributed by atoms with E-state index in [-0.39, 0.29) is 34.0 Å². The molecule has 0 heterocycles. The monoisotopic (exact) mass is 652 g/mol. The highest BCUT2D eigenvalue weighted by molar-refractivity contribution is 8.14. The fourth-order valence-corrected chi connectivity index (χ4v) is 5.81. The van der Waals surface area contributed by atoms with Gasteiger partial charge in [-0.15, -0.1) is 0 Å². The molecule has 0 aromatic heterocycles. The van der Waals surface area contributed by atoms with Crippen molar-refractivity contribution in [3.63, 3.8) is 0 Å². The summed E-state index contributed by atoms with van der Waals surface area (Å²) in [4.78, 5) is 46.9. The van der Waals surface area contributed by atoms with Crippen LogP contribution >= 0.6 is 47.0 Å². The molecule has 0 unspecified atom stereocenters. The first kappa shape index (κ1) is 40.4. The molecule has 0 aliphatic rings. The summed E-state index contributed by atoms with van der Waals surface area (Å²) in [5.74, 6) is 3.27. The summed E-state index contributed by atoms with van der Waals surface area (Å²) < 4.78 is 22.0. The zero-order chi connectivity index (χ0) is 30.6. The van der Waals surface area contributed by atoms with Crippen molar-refractivity contribution in [2.45, 2.75) is 52.4 Å². The minimum atomic E-state index is 0.0347. The van der Waals surface area contributed by atoms with E-state index in [0.717, 1.165) is 30.6 Å². The van der Waals surface area contributed by atoms with Crippen molar-refractivity contribution in [2.24, 2.45) is 0 Å². The summed E-state index contributed by atoms with van der Waals surface area (Å²) in [6.07, 6.45) is 3.27. The lowest BCUT2D eigenvalue weighted by molar-refractivity contribution is -0.115. The van der Waals surface area contributed by atoms with Crippen LogP contribution in [0.25, 0.3) is 0 Å². The van der Waals surface area contributed by atoms with Crippen LogP contribution in [0.15, 0.2) is 24.3 Å². The Kier molecular flexibility index (Phi) is 29.0. The van der Waals surface area contributed by atoms with Gasteiger partial charge in [-0.2, -0.15) is 11.8 Å². The third-order valence-electron chi connectivity index (χ3n) is 4.89. The van der Waals surface area contributed by atoms with Crippen LogP contribution in [-0.2, 0) is 38.1 Å². The maximum atomic E-state index is 12.0. The van der Waals surface area contributed by atoms with E-state index in [0.29, 0.717) is 87.9 Å². The first-order valence-electron chi connectivity index (χ1n) is 13.9. The van der Waals surface area contributed by atoms with Gasteiger partial charge >= 0.3 is 0 Å². The van der Waals surface area contributed by atoms with Crippen LogP contribution in [0.2, 0.25) is 0 Å². The van der Waals surface area contributed by atoms with Gasteiger partial charge in [0.15, 0.2) is 21.1 Å². The van der Waals surface area contributed by atoms with E-state index >= 15 is 0 Å². The predicted octanol–water partition coefficient (Wildman–Crippen LogP) is 5.63. The van der Waals surface area contributed by atoms with Gasteiger partial charge in [-0.05, 0) is 38.7 Å². The van der Waals surface area contributed by atoms with Crippen molar-refractivity contribution in [3.8, 4) is 0 Å². The lowest BCUT2D eigenvalue weighted by Gasteiger charge is -2.06. The Bertz CT molecular complexity index is 776. The van der Waals surface area contributed by atoms with Crippen molar-refractivity contribution in [3.05, 3.63) is 24.3 Å². The van der Waals surface area contributed by atoms with E-state index in [1.165, 1.54) is 47.0 Å². The summed E-state index contributed by atoms with van der Waals surface area (Å²) in [6.45, 7) is 15.4. The van der Waals surface area contributed by atoms with Crippen molar-refractivity contribution in [2.75, 3.05) is 81.6 Å². The van der Waals surface area contributed by atoms with E-state index in [9.17, 15) is 19.2 Å². The zero-order valence-corrected chi connectivity index (χ0v) is 28.0. The molecule has 0 atom stereocenters. The van der Waals surface area contributed by atoms with Gasteiger partial charge in [0.2, 0.25) is 0 Å². The minimum Gasteiger partial charge on any atom is -0.381 e. The lowest BCUT2D eigenvalue weighted by atomic mass is 10.2. The Morgan fingerprint density at radius 1 is 0.561 bits per heavy atom. The number of ether oxygens (including phenoxy) is 4. The van der Waals surface area contributed by atoms with Crippen molar-refractivity contribution in [1.82, 2.24) is 0 Å². The minimum absolute atomic E-state index is 0.0347. The first-order valence-corrected chi connectivity index (χ1v) is 18.0. The second kappa shape index (κ2) is 29.5. The maximum Gasteiger partial charge on any atom is 0.193 e. The molecule has 0 rings (SSSR count). The number of rotatable bonds is 29. The SMILES string of the molecule is C=C(C)CC(=O)SCCOCCCOCCCSC(=O)CCC(=O)SCCCOCCOCCSCC(=O)C(=C)C. The molecule has 0 saturated heterocycles. The second-order valence-electron chi connectivity index (χ2n) is 9.06. The Balaban J connectivity index is 3.37. The van der Waals surface area contributed by atoms with Crippen LogP contribution in [-0.4, -0.2) is 103 Å². The summed E-state index contributed by atoms with van der Waals surface area (Å²) in [7, 11) is 0. The van der Waals surface area contributed by atoms with E-state index < -0.39 is 0 Å². The van der Waals surface area contributed by atoms with Gasteiger partial charge in [-0.25, -0.2) is 0 Å². The molecule has 0 aromatic rings. The molecule has 236 valence electrons. The van der Waals surface area contributed by atoms with Crippen molar-refractivity contribution >= 4 is 68.2 Å².